The van der Waals surface area contributed by atoms with Crippen LogP contribution in [-0.4, -0.2) is 35.7 Å². The maximum Gasteiger partial charge on any atom is 0.200 e. The molecular weight excluding hydrogens is 296 g/mol. The van der Waals surface area contributed by atoms with E-state index in [9.17, 15) is 5.11 Å². The highest BCUT2D eigenvalue weighted by molar-refractivity contribution is 6.04. The maximum absolute atomic E-state index is 10.2. The van der Waals surface area contributed by atoms with Crippen LogP contribution in [0.15, 0.2) is 47.8 Å². The van der Waals surface area contributed by atoms with Gasteiger partial charge in [-0.25, -0.2) is 9.50 Å². The van der Waals surface area contributed by atoms with Gasteiger partial charge in [-0.3, -0.25) is 0 Å². The predicted molar refractivity (Wildman–Crippen MR) is 84.5 cm³/mol. The number of amidine groups is 1. The molecule has 0 amide bonds. The summed E-state index contributed by atoms with van der Waals surface area (Å²) in [5.41, 5.74) is 8.00. The monoisotopic (exact) mass is 308 g/mol. The number of aromatic hydroxyl groups is 1. The Kier molecular flexibility index (Phi) is 2.70. The van der Waals surface area contributed by atoms with Gasteiger partial charge in [-0.15, -0.1) is 5.10 Å². The summed E-state index contributed by atoms with van der Waals surface area (Å²) in [6.07, 6.45) is 1.78. The van der Waals surface area contributed by atoms with Crippen LogP contribution < -0.4 is 5.73 Å². The van der Waals surface area contributed by atoms with Crippen molar-refractivity contribution < 1.29 is 10.3 Å². The summed E-state index contributed by atoms with van der Waals surface area (Å²) in [5.74, 6) is 0.339. The number of hydrogen-bond donors (Lipinski definition) is 4. The van der Waals surface area contributed by atoms with Crippen LogP contribution in [0.4, 0.5) is 0 Å². The molecule has 0 spiro atoms. The van der Waals surface area contributed by atoms with Gasteiger partial charge in [-0.1, -0.05) is 11.2 Å². The molecule has 4 aromatic rings. The van der Waals surface area contributed by atoms with Gasteiger partial charge in [-0.05, 0) is 30.3 Å². The SMILES string of the molecule is N/C(=N\O)c1ccc2[nH]c(O)c(-c3nc4ccccn4n3)c2c1. The molecule has 0 fully saturated rings. The van der Waals surface area contributed by atoms with Crippen molar-refractivity contribution in [3.05, 3.63) is 48.2 Å². The number of oxime groups is 1. The molecule has 4 rings (SSSR count). The highest BCUT2D eigenvalue weighted by Gasteiger charge is 2.18. The van der Waals surface area contributed by atoms with Crippen LogP contribution in [0.1, 0.15) is 5.56 Å². The van der Waals surface area contributed by atoms with Crippen LogP contribution in [0, 0.1) is 0 Å². The number of rotatable bonds is 2. The highest BCUT2D eigenvalue weighted by Crippen LogP contribution is 2.35. The zero-order chi connectivity index (χ0) is 16.0. The average Bonchev–Trinajstić information content (AvgIpc) is 3.12. The molecular formula is C15H12N6O2. The van der Waals surface area contributed by atoms with Crippen LogP contribution >= 0.6 is 0 Å². The van der Waals surface area contributed by atoms with E-state index in [2.05, 4.69) is 20.2 Å². The minimum atomic E-state index is -0.0347. The summed E-state index contributed by atoms with van der Waals surface area (Å²) in [7, 11) is 0. The Labute approximate surface area is 129 Å². The second-order valence-corrected chi connectivity index (χ2v) is 5.03. The van der Waals surface area contributed by atoms with Gasteiger partial charge in [0.25, 0.3) is 0 Å². The van der Waals surface area contributed by atoms with Gasteiger partial charge in [0.2, 0.25) is 5.88 Å². The number of fused-ring (bicyclic) bond motifs is 2. The molecule has 1 aromatic carbocycles. The summed E-state index contributed by atoms with van der Waals surface area (Å²) < 4.78 is 1.63. The second-order valence-electron chi connectivity index (χ2n) is 5.03. The van der Waals surface area contributed by atoms with E-state index in [0.29, 0.717) is 33.5 Å². The topological polar surface area (TPSA) is 125 Å². The Morgan fingerprint density at radius 3 is 2.91 bits per heavy atom. The van der Waals surface area contributed by atoms with Crippen molar-refractivity contribution in [2.45, 2.75) is 0 Å². The van der Waals surface area contributed by atoms with E-state index in [-0.39, 0.29) is 11.7 Å². The van der Waals surface area contributed by atoms with Gasteiger partial charge >= 0.3 is 0 Å². The van der Waals surface area contributed by atoms with E-state index in [1.807, 2.05) is 18.2 Å². The lowest BCUT2D eigenvalue weighted by atomic mass is 10.1. The molecule has 0 saturated carbocycles. The Hall–Kier alpha value is -3.55. The summed E-state index contributed by atoms with van der Waals surface area (Å²) in [6, 6.07) is 10.7. The Balaban J connectivity index is 1.99. The van der Waals surface area contributed by atoms with Crippen molar-refractivity contribution in [1.82, 2.24) is 19.6 Å². The molecule has 114 valence electrons. The van der Waals surface area contributed by atoms with Crippen LogP contribution in [-0.2, 0) is 0 Å². The molecule has 0 bridgehead atoms. The molecule has 0 aliphatic rings. The van der Waals surface area contributed by atoms with Crippen LogP contribution in [0.5, 0.6) is 5.88 Å². The fourth-order valence-electron chi connectivity index (χ4n) is 2.56. The summed E-state index contributed by atoms with van der Waals surface area (Å²) in [4.78, 5) is 7.30. The van der Waals surface area contributed by atoms with E-state index in [1.54, 1.807) is 28.9 Å². The molecule has 23 heavy (non-hydrogen) atoms. The number of aromatic nitrogens is 4. The molecule has 0 aliphatic heterocycles. The van der Waals surface area contributed by atoms with E-state index in [4.69, 9.17) is 10.9 Å². The normalized spacial score (nSPS) is 12.3. The number of hydrogen-bond acceptors (Lipinski definition) is 5. The van der Waals surface area contributed by atoms with E-state index < -0.39 is 0 Å². The number of pyridine rings is 1. The average molecular weight is 308 g/mol. The number of nitrogens with two attached hydrogens (primary N) is 1. The fourth-order valence-corrected chi connectivity index (χ4v) is 2.56. The first kappa shape index (κ1) is 13.1. The largest absolute Gasteiger partial charge is 0.494 e. The molecule has 0 unspecified atom stereocenters. The van der Waals surface area contributed by atoms with Gasteiger partial charge in [0.1, 0.15) is 0 Å². The molecule has 8 nitrogen and oxygen atoms in total. The quantitative estimate of drug-likeness (QED) is 0.194. The first-order chi connectivity index (χ1) is 11.2. The zero-order valence-corrected chi connectivity index (χ0v) is 11.8. The Morgan fingerprint density at radius 2 is 2.13 bits per heavy atom. The molecule has 3 aromatic heterocycles. The third kappa shape index (κ3) is 1.96. The van der Waals surface area contributed by atoms with Crippen molar-refractivity contribution >= 4 is 22.4 Å². The maximum atomic E-state index is 10.2. The van der Waals surface area contributed by atoms with Crippen molar-refractivity contribution in [2.24, 2.45) is 10.9 Å². The smallest absolute Gasteiger partial charge is 0.200 e. The summed E-state index contributed by atoms with van der Waals surface area (Å²) >= 11 is 0. The zero-order valence-electron chi connectivity index (χ0n) is 11.8. The Morgan fingerprint density at radius 1 is 1.26 bits per heavy atom. The van der Waals surface area contributed by atoms with Crippen LogP contribution in [0.2, 0.25) is 0 Å². The molecule has 5 N–H and O–H groups in total. The number of nitrogens with one attached hydrogen (secondary N) is 1. The molecule has 0 aliphatic carbocycles. The second kappa shape index (κ2) is 4.73. The van der Waals surface area contributed by atoms with E-state index in [1.165, 1.54) is 0 Å². The molecule has 0 radical (unpaired) electrons. The van der Waals surface area contributed by atoms with E-state index in [0.717, 1.165) is 0 Å². The highest BCUT2D eigenvalue weighted by atomic mass is 16.4. The summed E-state index contributed by atoms with van der Waals surface area (Å²) in [6.45, 7) is 0. The lowest BCUT2D eigenvalue weighted by Crippen LogP contribution is -2.12. The number of aromatic amines is 1. The lowest BCUT2D eigenvalue weighted by molar-refractivity contribution is 0.318. The molecule has 0 atom stereocenters. The first-order valence-corrected chi connectivity index (χ1v) is 6.82. The Bertz CT molecular complexity index is 1030. The van der Waals surface area contributed by atoms with Crippen molar-refractivity contribution in [3.8, 4) is 17.3 Å². The number of benzene rings is 1. The van der Waals surface area contributed by atoms with Crippen molar-refractivity contribution in [2.75, 3.05) is 0 Å². The minimum Gasteiger partial charge on any atom is -0.494 e. The van der Waals surface area contributed by atoms with Gasteiger partial charge in [0, 0.05) is 22.7 Å². The van der Waals surface area contributed by atoms with Gasteiger partial charge in [-0.2, -0.15) is 0 Å². The van der Waals surface area contributed by atoms with Crippen LogP contribution in [0.25, 0.3) is 27.9 Å². The van der Waals surface area contributed by atoms with E-state index >= 15 is 0 Å². The third-order valence-corrected chi connectivity index (χ3v) is 3.65. The minimum absolute atomic E-state index is 0.0125. The third-order valence-electron chi connectivity index (χ3n) is 3.65. The summed E-state index contributed by atoms with van der Waals surface area (Å²) in [5, 5.41) is 27.1. The molecule has 3 heterocycles. The van der Waals surface area contributed by atoms with Crippen LogP contribution in [0.3, 0.4) is 0 Å². The molecule has 0 saturated heterocycles. The van der Waals surface area contributed by atoms with Gasteiger partial charge < -0.3 is 21.0 Å². The fraction of sp³-hybridized carbons (Fsp3) is 0. The lowest BCUT2D eigenvalue weighted by Gasteiger charge is -1.99. The van der Waals surface area contributed by atoms with Gasteiger partial charge in [0.05, 0.1) is 5.56 Å². The van der Waals surface area contributed by atoms with Crippen molar-refractivity contribution in [1.29, 1.82) is 0 Å². The molecule has 8 heteroatoms. The number of nitrogens with zero attached hydrogens (tertiary/aromatic N) is 4. The van der Waals surface area contributed by atoms with Crippen molar-refractivity contribution in [3.63, 3.8) is 0 Å². The predicted octanol–water partition coefficient (Wildman–Crippen LogP) is 1.68. The van der Waals surface area contributed by atoms with Gasteiger partial charge in [0.15, 0.2) is 17.3 Å². The standard InChI is InChI=1S/C15H12N6O2/c16-13(20-23)8-4-5-10-9(7-8)12(15(22)17-10)14-18-11-3-1-2-6-21(11)19-14/h1-7,17,22-23H,(H2,16,20). The number of H-pyrrole nitrogens is 1. The first-order valence-electron chi connectivity index (χ1n) is 6.82.